The van der Waals surface area contributed by atoms with Crippen molar-refractivity contribution in [2.75, 3.05) is 6.61 Å². The highest BCUT2D eigenvalue weighted by molar-refractivity contribution is 5.80. The van der Waals surface area contributed by atoms with E-state index in [0.29, 0.717) is 0 Å². The van der Waals surface area contributed by atoms with Crippen LogP contribution in [0.2, 0.25) is 0 Å². The smallest absolute Gasteiger partial charge is 0.338 e. The molecule has 1 rings (SSSR count). The minimum atomic E-state index is -1.61. The topological polar surface area (TPSA) is 90.3 Å². The number of ether oxygens (including phenoxy) is 1. The molecular weight excluding hydrogens is 140 g/mol. The Hall–Kier alpha value is -0.650. The SMILES string of the molecule is O=C(O)C1(CC(O)O)CO1. The van der Waals surface area contributed by atoms with Crippen molar-refractivity contribution in [1.29, 1.82) is 0 Å². The summed E-state index contributed by atoms with van der Waals surface area (Å²) in [5, 5.41) is 25.2. The zero-order chi connectivity index (χ0) is 7.78. The first-order chi connectivity index (χ1) is 4.57. The van der Waals surface area contributed by atoms with Crippen molar-refractivity contribution >= 4 is 5.97 Å². The second kappa shape index (κ2) is 2.19. The van der Waals surface area contributed by atoms with Crippen molar-refractivity contribution in [3.8, 4) is 0 Å². The fourth-order valence-electron chi connectivity index (χ4n) is 0.711. The maximum absolute atomic E-state index is 10.3. The fourth-order valence-corrected chi connectivity index (χ4v) is 0.711. The van der Waals surface area contributed by atoms with Gasteiger partial charge in [0.25, 0.3) is 0 Å². The molecule has 1 saturated heterocycles. The summed E-state index contributed by atoms with van der Waals surface area (Å²) in [5.74, 6) is -1.14. The van der Waals surface area contributed by atoms with Gasteiger partial charge in [0.2, 0.25) is 0 Å². The van der Waals surface area contributed by atoms with Gasteiger partial charge in [0.1, 0.15) is 0 Å². The van der Waals surface area contributed by atoms with Crippen molar-refractivity contribution in [1.82, 2.24) is 0 Å². The molecule has 5 nitrogen and oxygen atoms in total. The van der Waals surface area contributed by atoms with Crippen LogP contribution in [0, 0.1) is 0 Å². The zero-order valence-electron chi connectivity index (χ0n) is 5.15. The molecule has 1 aliphatic rings. The van der Waals surface area contributed by atoms with Crippen LogP contribution in [-0.4, -0.2) is 39.8 Å². The summed E-state index contributed by atoms with van der Waals surface area (Å²) in [6.07, 6.45) is -1.87. The third-order valence-corrected chi connectivity index (χ3v) is 1.39. The minimum Gasteiger partial charge on any atom is -0.479 e. The lowest BCUT2D eigenvalue weighted by Crippen LogP contribution is -2.29. The Morgan fingerprint density at radius 1 is 1.70 bits per heavy atom. The van der Waals surface area contributed by atoms with Crippen molar-refractivity contribution in [2.45, 2.75) is 18.3 Å². The van der Waals surface area contributed by atoms with E-state index < -0.39 is 17.9 Å². The molecule has 0 aromatic rings. The number of carbonyl (C=O) groups is 1. The predicted octanol–water partition coefficient (Wildman–Crippen LogP) is -1.46. The molecule has 0 radical (unpaired) electrons. The van der Waals surface area contributed by atoms with Gasteiger partial charge in [-0.3, -0.25) is 0 Å². The first-order valence-electron chi connectivity index (χ1n) is 2.80. The molecule has 1 unspecified atom stereocenters. The van der Waals surface area contributed by atoms with Gasteiger partial charge in [-0.05, 0) is 0 Å². The van der Waals surface area contributed by atoms with E-state index in [1.807, 2.05) is 0 Å². The molecule has 1 aliphatic heterocycles. The third kappa shape index (κ3) is 1.26. The fraction of sp³-hybridized carbons (Fsp3) is 0.800. The summed E-state index contributed by atoms with van der Waals surface area (Å²) in [6, 6.07) is 0. The van der Waals surface area contributed by atoms with Crippen LogP contribution in [0.4, 0.5) is 0 Å². The molecule has 0 saturated carbocycles. The van der Waals surface area contributed by atoms with E-state index in [2.05, 4.69) is 4.74 Å². The number of hydrogen-bond acceptors (Lipinski definition) is 4. The van der Waals surface area contributed by atoms with Crippen molar-refractivity contribution in [3.05, 3.63) is 0 Å². The average Bonchev–Trinajstić information content (AvgIpc) is 2.46. The van der Waals surface area contributed by atoms with E-state index in [1.165, 1.54) is 0 Å². The van der Waals surface area contributed by atoms with Crippen LogP contribution in [0.1, 0.15) is 6.42 Å². The van der Waals surface area contributed by atoms with E-state index in [0.717, 1.165) is 0 Å². The van der Waals surface area contributed by atoms with Crippen molar-refractivity contribution in [2.24, 2.45) is 0 Å². The molecule has 0 spiro atoms. The highest BCUT2D eigenvalue weighted by atomic mass is 16.6. The molecule has 5 heteroatoms. The minimum absolute atomic E-state index is 0.0694. The molecule has 1 fully saturated rings. The van der Waals surface area contributed by atoms with Gasteiger partial charge in [0.15, 0.2) is 11.9 Å². The summed E-state index contributed by atoms with van der Waals surface area (Å²) >= 11 is 0. The number of epoxide rings is 1. The van der Waals surface area contributed by atoms with Gasteiger partial charge in [0.05, 0.1) is 6.61 Å². The molecule has 0 bridgehead atoms. The van der Waals surface area contributed by atoms with E-state index in [4.69, 9.17) is 15.3 Å². The Kier molecular flexibility index (Phi) is 1.63. The molecular formula is C5H8O5. The van der Waals surface area contributed by atoms with Gasteiger partial charge in [-0.1, -0.05) is 0 Å². The lowest BCUT2D eigenvalue weighted by Gasteiger charge is -2.06. The highest BCUT2D eigenvalue weighted by Gasteiger charge is 2.53. The number of carboxylic acids is 1. The first-order valence-corrected chi connectivity index (χ1v) is 2.80. The Labute approximate surface area is 56.9 Å². The summed E-state index contributed by atoms with van der Waals surface area (Å²) in [6.45, 7) is 0.0694. The Morgan fingerprint density at radius 3 is 2.30 bits per heavy atom. The van der Waals surface area contributed by atoms with Crippen LogP contribution >= 0.6 is 0 Å². The standard InChI is InChI=1S/C5H8O5/c6-3(7)1-5(2-10-5)4(8)9/h3,6-7H,1-2H2,(H,8,9). The Morgan fingerprint density at radius 2 is 2.20 bits per heavy atom. The summed E-state index contributed by atoms with van der Waals surface area (Å²) in [4.78, 5) is 10.3. The quantitative estimate of drug-likeness (QED) is 0.336. The molecule has 0 aromatic carbocycles. The lowest BCUT2D eigenvalue weighted by molar-refractivity contribution is -0.148. The molecule has 1 atom stereocenters. The maximum atomic E-state index is 10.3. The van der Waals surface area contributed by atoms with Crippen molar-refractivity contribution < 1.29 is 24.9 Å². The van der Waals surface area contributed by atoms with Crippen LogP contribution in [-0.2, 0) is 9.53 Å². The van der Waals surface area contributed by atoms with Gasteiger partial charge >= 0.3 is 5.97 Å². The molecule has 0 aromatic heterocycles. The molecule has 0 amide bonds. The van der Waals surface area contributed by atoms with Crippen LogP contribution in [0.3, 0.4) is 0 Å². The van der Waals surface area contributed by atoms with Crippen LogP contribution < -0.4 is 0 Å². The van der Waals surface area contributed by atoms with Gasteiger partial charge < -0.3 is 20.1 Å². The van der Waals surface area contributed by atoms with Gasteiger partial charge in [-0.15, -0.1) is 0 Å². The van der Waals surface area contributed by atoms with Crippen LogP contribution in [0.25, 0.3) is 0 Å². The van der Waals surface area contributed by atoms with Gasteiger partial charge in [-0.25, -0.2) is 4.79 Å². The first kappa shape index (κ1) is 7.46. The Balaban J connectivity index is 2.45. The zero-order valence-corrected chi connectivity index (χ0v) is 5.15. The molecule has 3 N–H and O–H groups in total. The molecule has 58 valence electrons. The average molecular weight is 148 g/mol. The Bertz CT molecular complexity index is 148. The predicted molar refractivity (Wildman–Crippen MR) is 29.2 cm³/mol. The van der Waals surface area contributed by atoms with E-state index >= 15 is 0 Å². The lowest BCUT2D eigenvalue weighted by atomic mass is 10.1. The largest absolute Gasteiger partial charge is 0.479 e. The molecule has 10 heavy (non-hydrogen) atoms. The number of rotatable bonds is 3. The van der Waals surface area contributed by atoms with Crippen LogP contribution in [0.5, 0.6) is 0 Å². The number of aliphatic carboxylic acids is 1. The second-order valence-corrected chi connectivity index (χ2v) is 2.27. The number of carboxylic acid groups (broad SMARTS) is 1. The summed E-state index contributed by atoms with van der Waals surface area (Å²) in [5.41, 5.74) is -1.31. The molecule has 1 heterocycles. The summed E-state index contributed by atoms with van der Waals surface area (Å²) in [7, 11) is 0. The normalized spacial score (nSPS) is 30.7. The monoisotopic (exact) mass is 148 g/mol. The summed E-state index contributed by atoms with van der Waals surface area (Å²) < 4.78 is 4.55. The van der Waals surface area contributed by atoms with E-state index in [1.54, 1.807) is 0 Å². The second-order valence-electron chi connectivity index (χ2n) is 2.27. The number of aliphatic hydroxyl groups is 2. The third-order valence-electron chi connectivity index (χ3n) is 1.39. The number of aliphatic hydroxyl groups excluding tert-OH is 1. The van der Waals surface area contributed by atoms with Crippen molar-refractivity contribution in [3.63, 3.8) is 0 Å². The van der Waals surface area contributed by atoms with E-state index in [9.17, 15) is 4.79 Å². The molecule has 0 aliphatic carbocycles. The highest BCUT2D eigenvalue weighted by Crippen LogP contribution is 2.31. The van der Waals surface area contributed by atoms with E-state index in [-0.39, 0.29) is 13.0 Å². The van der Waals surface area contributed by atoms with Crippen LogP contribution in [0.15, 0.2) is 0 Å². The maximum Gasteiger partial charge on any atom is 0.338 e. The number of hydrogen-bond donors (Lipinski definition) is 3. The van der Waals surface area contributed by atoms with Gasteiger partial charge in [0, 0.05) is 6.42 Å². The van der Waals surface area contributed by atoms with Gasteiger partial charge in [-0.2, -0.15) is 0 Å².